The van der Waals surface area contributed by atoms with Crippen LogP contribution in [0.4, 0.5) is 0 Å². The van der Waals surface area contributed by atoms with Gasteiger partial charge in [-0.15, -0.1) is 0 Å². The predicted octanol–water partition coefficient (Wildman–Crippen LogP) is 3.56. The Morgan fingerprint density at radius 1 is 1.05 bits per heavy atom. The lowest BCUT2D eigenvalue weighted by Crippen LogP contribution is -2.41. The van der Waals surface area contributed by atoms with Crippen molar-refractivity contribution in [1.82, 2.24) is 0 Å². The summed E-state index contributed by atoms with van der Waals surface area (Å²) in [6.45, 7) is 2.23. The first-order valence-corrected chi connectivity index (χ1v) is 8.83. The molecule has 120 valence electrons. The van der Waals surface area contributed by atoms with Gasteiger partial charge < -0.3 is 15.3 Å². The fraction of sp³-hybridized carbons (Fsp3) is 0.684. The zero-order valence-corrected chi connectivity index (χ0v) is 13.2. The van der Waals surface area contributed by atoms with E-state index in [1.165, 1.54) is 6.07 Å². The van der Waals surface area contributed by atoms with Gasteiger partial charge in [0.2, 0.25) is 0 Å². The van der Waals surface area contributed by atoms with Gasteiger partial charge in [0, 0.05) is 11.6 Å². The summed E-state index contributed by atoms with van der Waals surface area (Å²) < 4.78 is 0. The molecule has 2 fully saturated rings. The first-order chi connectivity index (χ1) is 10.6. The van der Waals surface area contributed by atoms with Gasteiger partial charge in [-0.3, -0.25) is 0 Å². The van der Waals surface area contributed by atoms with Gasteiger partial charge in [-0.1, -0.05) is 13.3 Å². The molecule has 0 amide bonds. The van der Waals surface area contributed by atoms with Crippen LogP contribution in [0.5, 0.6) is 11.5 Å². The highest BCUT2D eigenvalue weighted by Gasteiger charge is 2.51. The summed E-state index contributed by atoms with van der Waals surface area (Å²) in [5, 5.41) is 30.6. The van der Waals surface area contributed by atoms with Crippen LogP contribution in [0.1, 0.15) is 56.1 Å². The molecule has 3 aliphatic carbocycles. The molecule has 3 N–H and O–H groups in total. The number of rotatable bonds is 1. The molecule has 3 nitrogen and oxygen atoms in total. The highest BCUT2D eigenvalue weighted by Crippen LogP contribution is 2.59. The second-order valence-electron chi connectivity index (χ2n) is 7.64. The number of aliphatic hydroxyl groups excluding tert-OH is 1. The van der Waals surface area contributed by atoms with Crippen LogP contribution in [0, 0.1) is 23.7 Å². The van der Waals surface area contributed by atoms with Crippen LogP contribution >= 0.6 is 0 Å². The molecule has 0 aromatic heterocycles. The molecule has 6 atom stereocenters. The molecule has 2 saturated carbocycles. The normalized spacial score (nSPS) is 39.9. The number of hydrogen-bond acceptors (Lipinski definition) is 3. The average molecular weight is 302 g/mol. The van der Waals surface area contributed by atoms with Crippen LogP contribution in [-0.2, 0) is 6.42 Å². The molecule has 3 heteroatoms. The van der Waals surface area contributed by atoms with Gasteiger partial charge in [0.25, 0.3) is 0 Å². The van der Waals surface area contributed by atoms with E-state index in [0.717, 1.165) is 49.7 Å². The molecular weight excluding hydrogens is 276 g/mol. The predicted molar refractivity (Wildman–Crippen MR) is 84.9 cm³/mol. The van der Waals surface area contributed by atoms with Crippen molar-refractivity contribution < 1.29 is 15.3 Å². The Morgan fingerprint density at radius 2 is 1.86 bits per heavy atom. The summed E-state index contributed by atoms with van der Waals surface area (Å²) in [4.78, 5) is 0. The molecule has 1 aromatic rings. The van der Waals surface area contributed by atoms with Crippen molar-refractivity contribution in [2.75, 3.05) is 0 Å². The van der Waals surface area contributed by atoms with Crippen LogP contribution in [0.15, 0.2) is 12.1 Å². The molecule has 0 spiro atoms. The van der Waals surface area contributed by atoms with E-state index in [1.807, 2.05) is 6.07 Å². The summed E-state index contributed by atoms with van der Waals surface area (Å²) in [5.41, 5.74) is 2.23. The topological polar surface area (TPSA) is 60.7 Å². The SMILES string of the molecule is CC[C@H]1C[C@@H]2C(O)CC[C@H]2[C@@H]2CCc3cc(O)cc(O)c3[C@@H]12. The summed E-state index contributed by atoms with van der Waals surface area (Å²) >= 11 is 0. The number of phenols is 2. The lowest BCUT2D eigenvalue weighted by Gasteiger charge is -2.49. The quantitative estimate of drug-likeness (QED) is 0.743. The molecule has 0 radical (unpaired) electrons. The van der Waals surface area contributed by atoms with Crippen LogP contribution in [0.2, 0.25) is 0 Å². The molecule has 0 saturated heterocycles. The van der Waals surface area contributed by atoms with Gasteiger partial charge in [-0.2, -0.15) is 0 Å². The monoisotopic (exact) mass is 302 g/mol. The number of fused-ring (bicyclic) bond motifs is 5. The van der Waals surface area contributed by atoms with Gasteiger partial charge in [-0.25, -0.2) is 0 Å². The first kappa shape index (κ1) is 14.4. The third kappa shape index (κ3) is 1.98. The largest absolute Gasteiger partial charge is 0.508 e. The Morgan fingerprint density at radius 3 is 2.64 bits per heavy atom. The number of aryl methyl sites for hydroxylation is 1. The van der Waals surface area contributed by atoms with E-state index in [0.29, 0.717) is 29.6 Å². The van der Waals surface area contributed by atoms with Gasteiger partial charge >= 0.3 is 0 Å². The van der Waals surface area contributed by atoms with Gasteiger partial charge in [-0.05, 0) is 73.3 Å². The van der Waals surface area contributed by atoms with Crippen LogP contribution in [-0.4, -0.2) is 21.4 Å². The Balaban J connectivity index is 1.79. The number of aliphatic hydroxyl groups is 1. The van der Waals surface area contributed by atoms with Crippen molar-refractivity contribution in [2.24, 2.45) is 23.7 Å². The maximum atomic E-state index is 10.5. The molecule has 4 rings (SSSR count). The van der Waals surface area contributed by atoms with E-state index in [4.69, 9.17) is 0 Å². The zero-order chi connectivity index (χ0) is 15.4. The van der Waals surface area contributed by atoms with E-state index in [-0.39, 0.29) is 17.6 Å². The van der Waals surface area contributed by atoms with E-state index < -0.39 is 0 Å². The number of benzene rings is 1. The van der Waals surface area contributed by atoms with E-state index in [2.05, 4.69) is 6.92 Å². The number of aromatic hydroxyl groups is 2. The highest BCUT2D eigenvalue weighted by atomic mass is 16.3. The minimum atomic E-state index is -0.116. The highest BCUT2D eigenvalue weighted by molar-refractivity contribution is 5.49. The minimum Gasteiger partial charge on any atom is -0.508 e. The number of hydrogen-bond donors (Lipinski definition) is 3. The Bertz CT molecular complexity index is 582. The van der Waals surface area contributed by atoms with Gasteiger partial charge in [0.05, 0.1) is 6.10 Å². The molecule has 0 aliphatic heterocycles. The van der Waals surface area contributed by atoms with Crippen LogP contribution < -0.4 is 0 Å². The first-order valence-electron chi connectivity index (χ1n) is 8.83. The summed E-state index contributed by atoms with van der Waals surface area (Å²) in [6.07, 6.45) is 6.22. The van der Waals surface area contributed by atoms with Crippen molar-refractivity contribution in [1.29, 1.82) is 0 Å². The summed E-state index contributed by atoms with van der Waals surface area (Å²) in [5.74, 6) is 3.06. The molecule has 3 aliphatic rings. The molecular formula is C19H26O3. The molecule has 22 heavy (non-hydrogen) atoms. The van der Waals surface area contributed by atoms with Crippen molar-refractivity contribution in [3.05, 3.63) is 23.3 Å². The Labute approximate surface area is 132 Å². The maximum absolute atomic E-state index is 10.5. The van der Waals surface area contributed by atoms with E-state index in [1.54, 1.807) is 0 Å². The second-order valence-corrected chi connectivity index (χ2v) is 7.64. The van der Waals surface area contributed by atoms with Crippen LogP contribution in [0.3, 0.4) is 0 Å². The minimum absolute atomic E-state index is 0.116. The molecule has 0 heterocycles. The smallest absolute Gasteiger partial charge is 0.123 e. The maximum Gasteiger partial charge on any atom is 0.123 e. The van der Waals surface area contributed by atoms with E-state index >= 15 is 0 Å². The fourth-order valence-corrected chi connectivity index (χ4v) is 5.91. The van der Waals surface area contributed by atoms with Crippen molar-refractivity contribution in [3.63, 3.8) is 0 Å². The molecule has 0 bridgehead atoms. The molecule has 1 aromatic carbocycles. The van der Waals surface area contributed by atoms with Crippen LogP contribution in [0.25, 0.3) is 0 Å². The lowest BCUT2D eigenvalue weighted by molar-refractivity contribution is 0.0242. The second kappa shape index (κ2) is 5.16. The van der Waals surface area contributed by atoms with Crippen molar-refractivity contribution >= 4 is 0 Å². The number of phenolic OH excluding ortho intramolecular Hbond substituents is 2. The standard InChI is InChI=1S/C19H26O3/c1-2-10-8-15-13(5-6-16(15)21)14-4-3-11-7-12(20)9-17(22)19(11)18(10)14/h7,9-10,13-16,18,20-22H,2-6,8H2,1H3/t10-,13-,14-,15-,16?,18-/m0/s1. The zero-order valence-electron chi connectivity index (χ0n) is 13.2. The fourth-order valence-electron chi connectivity index (χ4n) is 5.91. The molecule has 1 unspecified atom stereocenters. The lowest BCUT2D eigenvalue weighted by atomic mass is 9.56. The van der Waals surface area contributed by atoms with E-state index in [9.17, 15) is 15.3 Å². The summed E-state index contributed by atoms with van der Waals surface area (Å²) in [6, 6.07) is 3.34. The van der Waals surface area contributed by atoms with Crippen molar-refractivity contribution in [2.45, 2.75) is 57.5 Å². The average Bonchev–Trinajstić information content (AvgIpc) is 2.86. The summed E-state index contributed by atoms with van der Waals surface area (Å²) in [7, 11) is 0. The third-order valence-electron chi connectivity index (χ3n) is 6.77. The Hall–Kier alpha value is -1.22. The van der Waals surface area contributed by atoms with Crippen molar-refractivity contribution in [3.8, 4) is 11.5 Å². The van der Waals surface area contributed by atoms with Gasteiger partial charge in [0.1, 0.15) is 11.5 Å². The Kier molecular flexibility index (Phi) is 3.37. The van der Waals surface area contributed by atoms with Gasteiger partial charge in [0.15, 0.2) is 0 Å². The third-order valence-corrected chi connectivity index (χ3v) is 6.77.